The first kappa shape index (κ1) is 25.7. The summed E-state index contributed by atoms with van der Waals surface area (Å²) in [5, 5.41) is 3.14. The number of nitrogens with one attached hydrogen (secondary N) is 1. The van der Waals surface area contributed by atoms with E-state index in [0.29, 0.717) is 12.1 Å². The van der Waals surface area contributed by atoms with Crippen molar-refractivity contribution >= 4 is 29.1 Å². The second-order valence-electron chi connectivity index (χ2n) is 10.2. The molecule has 3 aromatic rings. The molecular weight excluding hydrogens is 474 g/mol. The fourth-order valence-electron chi connectivity index (χ4n) is 5.35. The van der Waals surface area contributed by atoms with E-state index in [9.17, 15) is 4.79 Å². The molecule has 37 heavy (non-hydrogen) atoms. The first-order chi connectivity index (χ1) is 18.2. The van der Waals surface area contributed by atoms with Crippen LogP contribution in [0.2, 0.25) is 0 Å². The van der Waals surface area contributed by atoms with Gasteiger partial charge in [0.25, 0.3) is 5.91 Å². The van der Waals surface area contributed by atoms with Crippen LogP contribution in [0.4, 0.5) is 5.69 Å². The SMILES string of the molecule is CCCC1=Nc2cc(C(=O)NCCCN3CCC(Cc4ccccc4)CC3)ccc2Sc2ccccc21. The summed E-state index contributed by atoms with van der Waals surface area (Å²) >= 11 is 1.74. The van der Waals surface area contributed by atoms with E-state index < -0.39 is 0 Å². The number of amides is 1. The molecule has 2 aliphatic heterocycles. The summed E-state index contributed by atoms with van der Waals surface area (Å²) in [5.74, 6) is 0.779. The number of fused-ring (bicyclic) bond motifs is 2. The Balaban J connectivity index is 1.11. The summed E-state index contributed by atoms with van der Waals surface area (Å²) in [4.78, 5) is 22.8. The minimum absolute atomic E-state index is 0.0108. The average Bonchev–Trinajstić information content (AvgIpc) is 3.09. The van der Waals surface area contributed by atoms with Crippen molar-refractivity contribution < 1.29 is 4.79 Å². The third kappa shape index (κ3) is 6.71. The normalized spacial score (nSPS) is 15.9. The van der Waals surface area contributed by atoms with Gasteiger partial charge in [-0.2, -0.15) is 0 Å². The van der Waals surface area contributed by atoms with Gasteiger partial charge >= 0.3 is 0 Å². The maximum absolute atomic E-state index is 12.9. The van der Waals surface area contributed by atoms with Crippen LogP contribution in [-0.4, -0.2) is 42.7 Å². The van der Waals surface area contributed by atoms with E-state index in [4.69, 9.17) is 4.99 Å². The number of piperidine rings is 1. The van der Waals surface area contributed by atoms with Crippen LogP contribution in [0.15, 0.2) is 87.6 Å². The molecule has 0 saturated carbocycles. The molecule has 0 unspecified atom stereocenters. The Morgan fingerprint density at radius 3 is 2.59 bits per heavy atom. The molecule has 1 N–H and O–H groups in total. The maximum atomic E-state index is 12.9. The molecule has 3 aromatic carbocycles. The molecule has 0 aromatic heterocycles. The van der Waals surface area contributed by atoms with Crippen molar-refractivity contribution in [2.75, 3.05) is 26.2 Å². The topological polar surface area (TPSA) is 44.7 Å². The molecule has 0 spiro atoms. The molecule has 0 bridgehead atoms. The number of aliphatic imine (C=N–C) groups is 1. The van der Waals surface area contributed by atoms with Crippen molar-refractivity contribution in [3.8, 4) is 0 Å². The third-order valence-electron chi connectivity index (χ3n) is 7.39. The predicted octanol–water partition coefficient (Wildman–Crippen LogP) is 7.15. The quantitative estimate of drug-likeness (QED) is 0.310. The lowest BCUT2D eigenvalue weighted by atomic mass is 9.90. The lowest BCUT2D eigenvalue weighted by molar-refractivity contribution is 0.0950. The molecule has 0 aliphatic carbocycles. The van der Waals surface area contributed by atoms with E-state index in [1.165, 1.54) is 35.3 Å². The van der Waals surface area contributed by atoms with Crippen LogP contribution in [0.1, 0.15) is 60.5 Å². The van der Waals surface area contributed by atoms with Crippen molar-refractivity contribution in [2.24, 2.45) is 10.9 Å². The molecule has 0 atom stereocenters. The van der Waals surface area contributed by atoms with Gasteiger partial charge in [-0.3, -0.25) is 9.79 Å². The Hall–Kier alpha value is -2.89. The summed E-state index contributed by atoms with van der Waals surface area (Å²) in [7, 11) is 0. The molecule has 192 valence electrons. The number of nitrogens with zero attached hydrogens (tertiary/aromatic N) is 2. The lowest BCUT2D eigenvalue weighted by Gasteiger charge is -2.32. The predicted molar refractivity (Wildman–Crippen MR) is 154 cm³/mol. The van der Waals surface area contributed by atoms with Crippen LogP contribution in [0, 0.1) is 5.92 Å². The van der Waals surface area contributed by atoms with Gasteiger partial charge in [0.15, 0.2) is 0 Å². The molecule has 5 heteroatoms. The van der Waals surface area contributed by atoms with E-state index in [1.54, 1.807) is 11.8 Å². The number of likely N-dealkylation sites (tertiary alicyclic amines) is 1. The molecule has 2 aliphatic rings. The van der Waals surface area contributed by atoms with Crippen LogP contribution in [0.25, 0.3) is 0 Å². The number of rotatable bonds is 9. The fraction of sp³-hybridized carbons (Fsp3) is 0.375. The van der Waals surface area contributed by atoms with E-state index in [2.05, 4.69) is 71.7 Å². The molecule has 0 radical (unpaired) electrons. The van der Waals surface area contributed by atoms with Gasteiger partial charge in [0.1, 0.15) is 0 Å². The van der Waals surface area contributed by atoms with E-state index in [1.807, 2.05) is 18.2 Å². The van der Waals surface area contributed by atoms with Gasteiger partial charge in [-0.1, -0.05) is 73.6 Å². The zero-order valence-corrected chi connectivity index (χ0v) is 22.6. The van der Waals surface area contributed by atoms with Gasteiger partial charge in [-0.05, 0) is 87.5 Å². The van der Waals surface area contributed by atoms with Crippen molar-refractivity contribution in [3.05, 3.63) is 89.5 Å². The fourth-order valence-corrected chi connectivity index (χ4v) is 6.37. The highest BCUT2D eigenvalue weighted by Gasteiger charge is 2.20. The van der Waals surface area contributed by atoms with E-state index >= 15 is 0 Å². The van der Waals surface area contributed by atoms with Crippen molar-refractivity contribution in [1.82, 2.24) is 10.2 Å². The van der Waals surface area contributed by atoms with Crippen LogP contribution in [0.5, 0.6) is 0 Å². The number of carbonyl (C=O) groups excluding carboxylic acids is 1. The third-order valence-corrected chi connectivity index (χ3v) is 8.53. The van der Waals surface area contributed by atoms with Gasteiger partial charge < -0.3 is 10.2 Å². The Morgan fingerprint density at radius 2 is 1.78 bits per heavy atom. The maximum Gasteiger partial charge on any atom is 0.251 e. The van der Waals surface area contributed by atoms with E-state index in [0.717, 1.165) is 61.1 Å². The van der Waals surface area contributed by atoms with Crippen LogP contribution >= 0.6 is 11.8 Å². The van der Waals surface area contributed by atoms with E-state index in [-0.39, 0.29) is 5.91 Å². The average molecular weight is 512 g/mol. The number of carbonyl (C=O) groups is 1. The van der Waals surface area contributed by atoms with Crippen LogP contribution < -0.4 is 5.32 Å². The molecule has 1 amide bonds. The highest BCUT2D eigenvalue weighted by atomic mass is 32.2. The van der Waals surface area contributed by atoms with Crippen molar-refractivity contribution in [2.45, 2.75) is 55.2 Å². The van der Waals surface area contributed by atoms with Crippen LogP contribution in [0.3, 0.4) is 0 Å². The zero-order valence-electron chi connectivity index (χ0n) is 21.8. The lowest BCUT2D eigenvalue weighted by Crippen LogP contribution is -2.36. The number of hydrogen-bond donors (Lipinski definition) is 1. The molecule has 4 nitrogen and oxygen atoms in total. The zero-order chi connectivity index (χ0) is 25.5. The minimum atomic E-state index is -0.0108. The van der Waals surface area contributed by atoms with Gasteiger partial charge in [0.05, 0.1) is 5.69 Å². The first-order valence-corrected chi connectivity index (χ1v) is 14.5. The minimum Gasteiger partial charge on any atom is -0.352 e. The second kappa shape index (κ2) is 12.6. The Kier molecular flexibility index (Phi) is 8.75. The highest BCUT2D eigenvalue weighted by Crippen LogP contribution is 2.41. The molecule has 1 saturated heterocycles. The van der Waals surface area contributed by atoms with Gasteiger partial charge in [0, 0.05) is 33.2 Å². The Labute approximate surface area is 225 Å². The van der Waals surface area contributed by atoms with Gasteiger partial charge in [-0.25, -0.2) is 0 Å². The van der Waals surface area contributed by atoms with Gasteiger partial charge in [-0.15, -0.1) is 0 Å². The van der Waals surface area contributed by atoms with Crippen molar-refractivity contribution in [1.29, 1.82) is 0 Å². The summed E-state index contributed by atoms with van der Waals surface area (Å²) in [6.07, 6.45) is 6.66. The highest BCUT2D eigenvalue weighted by molar-refractivity contribution is 7.99. The Morgan fingerprint density at radius 1 is 1.00 bits per heavy atom. The monoisotopic (exact) mass is 511 g/mol. The molecule has 1 fully saturated rings. The number of hydrogen-bond acceptors (Lipinski definition) is 4. The smallest absolute Gasteiger partial charge is 0.251 e. The summed E-state index contributed by atoms with van der Waals surface area (Å²) in [6, 6.07) is 25.3. The number of benzene rings is 3. The molecular formula is C32H37N3OS. The largest absolute Gasteiger partial charge is 0.352 e. The first-order valence-electron chi connectivity index (χ1n) is 13.7. The molecule has 2 heterocycles. The van der Waals surface area contributed by atoms with Crippen LogP contribution in [-0.2, 0) is 6.42 Å². The second-order valence-corrected chi connectivity index (χ2v) is 11.3. The summed E-state index contributed by atoms with van der Waals surface area (Å²) < 4.78 is 0. The molecule has 5 rings (SSSR count). The Bertz CT molecular complexity index is 1230. The van der Waals surface area contributed by atoms with Crippen molar-refractivity contribution in [3.63, 3.8) is 0 Å². The summed E-state index contributed by atoms with van der Waals surface area (Å²) in [6.45, 7) is 6.25. The standard InChI is InChI=1S/C32H37N3OS/c1-2-9-28-27-12-6-7-13-30(27)37-31-15-14-26(23-29(31)34-28)32(36)33-18-8-19-35-20-16-25(17-21-35)22-24-10-4-3-5-11-24/h3-7,10-15,23,25H,2,8-9,16-22H2,1H3,(H,33,36). The van der Waals surface area contributed by atoms with Gasteiger partial charge in [0.2, 0.25) is 0 Å². The summed E-state index contributed by atoms with van der Waals surface area (Å²) in [5.41, 5.74) is 5.36.